The molecule has 0 saturated carbocycles. The van der Waals surface area contributed by atoms with Crippen molar-refractivity contribution in [2.24, 2.45) is 0 Å². The van der Waals surface area contributed by atoms with Crippen molar-refractivity contribution >= 4 is 5.91 Å². The van der Waals surface area contributed by atoms with Gasteiger partial charge in [-0.05, 0) is 26.9 Å². The smallest absolute Gasteiger partial charge is 0.219 e. The van der Waals surface area contributed by atoms with E-state index in [2.05, 4.69) is 5.32 Å². The number of nitrogens with one attached hydrogen (secondary N) is 1. The molecule has 0 aromatic heterocycles. The van der Waals surface area contributed by atoms with Crippen LogP contribution >= 0.6 is 0 Å². The third-order valence-corrected chi connectivity index (χ3v) is 1.55. The van der Waals surface area contributed by atoms with Crippen LogP contribution in [-0.2, 0) is 4.79 Å². The molecule has 0 spiro atoms. The van der Waals surface area contributed by atoms with E-state index in [1.807, 2.05) is 32.8 Å². The fourth-order valence-corrected chi connectivity index (χ4v) is 1.03. The van der Waals surface area contributed by atoms with Crippen molar-refractivity contribution in [2.45, 2.75) is 33.6 Å². The number of amides is 1. The molecule has 3 heteroatoms. The minimum Gasteiger partial charge on any atom is -0.343 e. The van der Waals surface area contributed by atoms with E-state index in [0.29, 0.717) is 0 Å². The number of hydrogen-bond acceptors (Lipinski definition) is 2. The van der Waals surface area contributed by atoms with Gasteiger partial charge >= 0.3 is 0 Å². The van der Waals surface area contributed by atoms with E-state index in [1.54, 1.807) is 6.92 Å². The second kappa shape index (κ2) is 11.4. The first kappa shape index (κ1) is 14.9. The van der Waals surface area contributed by atoms with Gasteiger partial charge in [0, 0.05) is 20.0 Å². The molecule has 1 fully saturated rings. The van der Waals surface area contributed by atoms with Crippen LogP contribution in [0, 0.1) is 0 Å². The van der Waals surface area contributed by atoms with E-state index in [0.717, 1.165) is 13.1 Å². The fraction of sp³-hybridized carbons (Fsp3) is 0.900. The van der Waals surface area contributed by atoms with Crippen LogP contribution in [0.1, 0.15) is 33.6 Å². The van der Waals surface area contributed by atoms with Crippen LogP contribution in [0.3, 0.4) is 0 Å². The second-order valence-corrected chi connectivity index (χ2v) is 2.71. The van der Waals surface area contributed by atoms with Gasteiger partial charge < -0.3 is 10.2 Å². The summed E-state index contributed by atoms with van der Waals surface area (Å²) in [4.78, 5) is 12.5. The Morgan fingerprint density at radius 1 is 1.15 bits per heavy atom. The number of rotatable bonds is 0. The van der Waals surface area contributed by atoms with Gasteiger partial charge in [-0.1, -0.05) is 13.8 Å². The minimum atomic E-state index is 0.225. The minimum absolute atomic E-state index is 0.225. The van der Waals surface area contributed by atoms with Gasteiger partial charge in [-0.3, -0.25) is 4.79 Å². The quantitative estimate of drug-likeness (QED) is 0.624. The molecule has 0 bridgehead atoms. The van der Waals surface area contributed by atoms with E-state index < -0.39 is 0 Å². The summed E-state index contributed by atoms with van der Waals surface area (Å²) in [5.41, 5.74) is 0. The first-order valence-corrected chi connectivity index (χ1v) is 5.06. The topological polar surface area (TPSA) is 32.3 Å². The molecule has 0 aromatic rings. The van der Waals surface area contributed by atoms with Crippen molar-refractivity contribution in [3.63, 3.8) is 0 Å². The molecule has 13 heavy (non-hydrogen) atoms. The number of likely N-dealkylation sites (tertiary alicyclic amines) is 1. The summed E-state index contributed by atoms with van der Waals surface area (Å²) in [5.74, 6) is 0.225. The predicted octanol–water partition coefficient (Wildman–Crippen LogP) is 1.49. The Labute approximate surface area is 82.5 Å². The molecule has 1 N–H and O–H groups in total. The molecule has 1 heterocycles. The highest BCUT2D eigenvalue weighted by atomic mass is 16.2. The first-order valence-electron chi connectivity index (χ1n) is 5.06. The van der Waals surface area contributed by atoms with Gasteiger partial charge in [-0.2, -0.15) is 0 Å². The van der Waals surface area contributed by atoms with Crippen LogP contribution < -0.4 is 5.32 Å². The standard InChI is InChI=1S/C6H11NO.C2H7N.C2H6/c1-6(8)7-4-2-3-5-7;1-3-2;1-2/h2-5H2,1H3;3H,1-2H3;1-2H3. The zero-order valence-corrected chi connectivity index (χ0v) is 9.68. The molecule has 0 aliphatic carbocycles. The summed E-state index contributed by atoms with van der Waals surface area (Å²) in [7, 11) is 3.75. The Morgan fingerprint density at radius 2 is 1.46 bits per heavy atom. The highest BCUT2D eigenvalue weighted by Crippen LogP contribution is 2.05. The lowest BCUT2D eigenvalue weighted by molar-refractivity contribution is -0.127. The maximum atomic E-state index is 10.6. The average Bonchev–Trinajstić information content (AvgIpc) is 2.61. The van der Waals surface area contributed by atoms with Crippen molar-refractivity contribution in [2.75, 3.05) is 27.2 Å². The number of carbonyl (C=O) groups excluding carboxylic acids is 1. The Bertz CT molecular complexity index is 109. The van der Waals surface area contributed by atoms with Crippen LogP contribution in [0.4, 0.5) is 0 Å². The van der Waals surface area contributed by atoms with E-state index in [-0.39, 0.29) is 5.91 Å². The van der Waals surface area contributed by atoms with Gasteiger partial charge in [0.25, 0.3) is 0 Å². The molecular formula is C10H24N2O. The maximum absolute atomic E-state index is 10.6. The SMILES string of the molecule is CC.CC(=O)N1CCCC1.CNC. The highest BCUT2D eigenvalue weighted by Gasteiger charge is 2.12. The average molecular weight is 188 g/mol. The Kier molecular flexibility index (Phi) is 13.1. The molecule has 0 atom stereocenters. The summed E-state index contributed by atoms with van der Waals surface area (Å²) in [6, 6.07) is 0. The first-order chi connectivity index (χ1) is 6.22. The van der Waals surface area contributed by atoms with Crippen LogP contribution in [-0.4, -0.2) is 38.0 Å². The Balaban J connectivity index is 0. The summed E-state index contributed by atoms with van der Waals surface area (Å²) in [6.07, 6.45) is 2.39. The van der Waals surface area contributed by atoms with Crippen LogP contribution in [0.25, 0.3) is 0 Å². The van der Waals surface area contributed by atoms with E-state index in [4.69, 9.17) is 0 Å². The lowest BCUT2D eigenvalue weighted by atomic mass is 10.4. The third kappa shape index (κ3) is 9.34. The fourth-order valence-electron chi connectivity index (χ4n) is 1.03. The Morgan fingerprint density at radius 3 is 1.62 bits per heavy atom. The van der Waals surface area contributed by atoms with Gasteiger partial charge in [-0.15, -0.1) is 0 Å². The molecule has 0 radical (unpaired) electrons. The Hall–Kier alpha value is -0.570. The van der Waals surface area contributed by atoms with Crippen LogP contribution in [0.15, 0.2) is 0 Å². The molecule has 1 saturated heterocycles. The number of nitrogens with zero attached hydrogens (tertiary/aromatic N) is 1. The zero-order valence-electron chi connectivity index (χ0n) is 9.68. The summed E-state index contributed by atoms with van der Waals surface area (Å²) < 4.78 is 0. The molecule has 1 aliphatic heterocycles. The molecular weight excluding hydrogens is 164 g/mol. The summed E-state index contributed by atoms with van der Waals surface area (Å²) in [6.45, 7) is 7.59. The van der Waals surface area contributed by atoms with Crippen molar-refractivity contribution in [1.29, 1.82) is 0 Å². The van der Waals surface area contributed by atoms with Crippen LogP contribution in [0.5, 0.6) is 0 Å². The lowest BCUT2D eigenvalue weighted by Gasteiger charge is -2.10. The second-order valence-electron chi connectivity index (χ2n) is 2.71. The molecule has 1 aliphatic rings. The molecule has 3 nitrogen and oxygen atoms in total. The molecule has 0 unspecified atom stereocenters. The predicted molar refractivity (Wildman–Crippen MR) is 57.8 cm³/mol. The molecule has 0 aromatic carbocycles. The molecule has 1 amide bonds. The summed E-state index contributed by atoms with van der Waals surface area (Å²) in [5, 5.41) is 2.75. The van der Waals surface area contributed by atoms with Gasteiger partial charge in [0.15, 0.2) is 0 Å². The van der Waals surface area contributed by atoms with E-state index in [9.17, 15) is 4.79 Å². The largest absolute Gasteiger partial charge is 0.343 e. The number of carbonyl (C=O) groups is 1. The molecule has 80 valence electrons. The third-order valence-electron chi connectivity index (χ3n) is 1.55. The van der Waals surface area contributed by atoms with E-state index >= 15 is 0 Å². The van der Waals surface area contributed by atoms with Gasteiger partial charge in [0.2, 0.25) is 5.91 Å². The maximum Gasteiger partial charge on any atom is 0.219 e. The molecule has 1 rings (SSSR count). The van der Waals surface area contributed by atoms with E-state index in [1.165, 1.54) is 12.8 Å². The van der Waals surface area contributed by atoms with Gasteiger partial charge in [-0.25, -0.2) is 0 Å². The van der Waals surface area contributed by atoms with Gasteiger partial charge in [0.05, 0.1) is 0 Å². The van der Waals surface area contributed by atoms with Crippen molar-refractivity contribution in [3.05, 3.63) is 0 Å². The van der Waals surface area contributed by atoms with Crippen molar-refractivity contribution in [3.8, 4) is 0 Å². The zero-order chi connectivity index (χ0) is 10.7. The lowest BCUT2D eigenvalue weighted by Crippen LogP contribution is -2.24. The van der Waals surface area contributed by atoms with Crippen molar-refractivity contribution < 1.29 is 4.79 Å². The van der Waals surface area contributed by atoms with Gasteiger partial charge in [0.1, 0.15) is 0 Å². The highest BCUT2D eigenvalue weighted by molar-refractivity contribution is 5.73. The number of hydrogen-bond donors (Lipinski definition) is 1. The van der Waals surface area contributed by atoms with Crippen molar-refractivity contribution in [1.82, 2.24) is 10.2 Å². The van der Waals surface area contributed by atoms with Crippen LogP contribution in [0.2, 0.25) is 0 Å². The monoisotopic (exact) mass is 188 g/mol. The summed E-state index contributed by atoms with van der Waals surface area (Å²) >= 11 is 0. The normalized spacial score (nSPS) is 13.8.